The summed E-state index contributed by atoms with van der Waals surface area (Å²) < 4.78 is 16.6. The third-order valence-electron chi connectivity index (χ3n) is 10.0. The molecule has 0 saturated carbocycles. The second-order valence-electron chi connectivity index (χ2n) is 15.3. The number of carbonyl (C=O) groups is 3. The van der Waals surface area contributed by atoms with Gasteiger partial charge in [0.1, 0.15) is 13.2 Å². The van der Waals surface area contributed by atoms with E-state index >= 15 is 0 Å². The van der Waals surface area contributed by atoms with Crippen LogP contribution in [0.1, 0.15) is 245 Å². The zero-order valence-corrected chi connectivity index (χ0v) is 34.8. The standard InChI is InChI=1S/C46H86O6/c1-4-7-10-13-15-17-19-21-22-23-24-25-27-28-30-33-36-39-45(48)51-42-43(41-50-44(47)38-35-32-12-9-6-3)52-46(49)40-37-34-31-29-26-20-18-16-14-11-8-5-2/h16,18,43H,4-15,17,19-42H2,1-3H3/b18-16-. The number of hydrogen-bond donors (Lipinski definition) is 0. The van der Waals surface area contributed by atoms with Crippen LogP contribution in [0.5, 0.6) is 0 Å². The molecule has 1 unspecified atom stereocenters. The Balaban J connectivity index is 4.16. The van der Waals surface area contributed by atoms with Crippen molar-refractivity contribution in [3.8, 4) is 0 Å². The second-order valence-corrected chi connectivity index (χ2v) is 15.3. The van der Waals surface area contributed by atoms with Gasteiger partial charge in [-0.3, -0.25) is 14.4 Å². The molecule has 1 atom stereocenters. The maximum atomic E-state index is 12.6. The molecule has 0 fully saturated rings. The first kappa shape index (κ1) is 50.1. The topological polar surface area (TPSA) is 78.9 Å². The molecule has 0 amide bonds. The van der Waals surface area contributed by atoms with Crippen LogP contribution in [0.25, 0.3) is 0 Å². The Labute approximate surface area is 322 Å². The van der Waals surface area contributed by atoms with Crippen molar-refractivity contribution in [2.24, 2.45) is 0 Å². The molecule has 0 heterocycles. The van der Waals surface area contributed by atoms with Crippen LogP contribution in [0, 0.1) is 0 Å². The SMILES string of the molecule is CCCCC/C=C\CCCCCCCC(=O)OC(COC(=O)CCCCCCC)COC(=O)CCCCCCCCCCCCCCCCCCC. The molecule has 0 aromatic rings. The summed E-state index contributed by atoms with van der Waals surface area (Å²) in [6.07, 6.45) is 43.7. The predicted octanol–water partition coefficient (Wildman–Crippen LogP) is 14.3. The summed E-state index contributed by atoms with van der Waals surface area (Å²) in [6.45, 7) is 6.53. The molecule has 0 aliphatic heterocycles. The first-order valence-electron chi connectivity index (χ1n) is 22.7. The Bertz CT molecular complexity index is 809. The summed E-state index contributed by atoms with van der Waals surface area (Å²) in [6, 6.07) is 0. The molecule has 0 radical (unpaired) electrons. The van der Waals surface area contributed by atoms with Crippen LogP contribution >= 0.6 is 0 Å². The maximum absolute atomic E-state index is 12.6. The molecule has 6 nitrogen and oxygen atoms in total. The Morgan fingerprint density at radius 1 is 0.365 bits per heavy atom. The second kappa shape index (κ2) is 41.9. The van der Waals surface area contributed by atoms with Gasteiger partial charge in [-0.2, -0.15) is 0 Å². The normalized spacial score (nSPS) is 12.0. The highest BCUT2D eigenvalue weighted by atomic mass is 16.6. The van der Waals surface area contributed by atoms with Gasteiger partial charge in [0.25, 0.3) is 0 Å². The lowest BCUT2D eigenvalue weighted by Gasteiger charge is -2.18. The van der Waals surface area contributed by atoms with Crippen molar-refractivity contribution in [1.29, 1.82) is 0 Å². The number of ether oxygens (including phenoxy) is 3. The van der Waals surface area contributed by atoms with Crippen LogP contribution in [0.2, 0.25) is 0 Å². The van der Waals surface area contributed by atoms with Crippen molar-refractivity contribution in [3.63, 3.8) is 0 Å². The van der Waals surface area contributed by atoms with Crippen LogP contribution < -0.4 is 0 Å². The molecular weight excluding hydrogens is 648 g/mol. The molecule has 0 rings (SSSR count). The van der Waals surface area contributed by atoms with E-state index in [9.17, 15) is 14.4 Å². The number of esters is 3. The molecule has 6 heteroatoms. The van der Waals surface area contributed by atoms with E-state index in [-0.39, 0.29) is 31.1 Å². The summed E-state index contributed by atoms with van der Waals surface area (Å²) in [4.78, 5) is 37.4. The van der Waals surface area contributed by atoms with E-state index in [0.29, 0.717) is 19.3 Å². The molecule has 306 valence electrons. The average Bonchev–Trinajstić information content (AvgIpc) is 3.14. The maximum Gasteiger partial charge on any atom is 0.306 e. The van der Waals surface area contributed by atoms with Crippen molar-refractivity contribution in [1.82, 2.24) is 0 Å². The van der Waals surface area contributed by atoms with Gasteiger partial charge in [-0.25, -0.2) is 0 Å². The number of allylic oxidation sites excluding steroid dienone is 2. The molecule has 0 saturated heterocycles. The smallest absolute Gasteiger partial charge is 0.306 e. The van der Waals surface area contributed by atoms with E-state index in [1.165, 1.54) is 135 Å². The molecule has 52 heavy (non-hydrogen) atoms. The van der Waals surface area contributed by atoms with Gasteiger partial charge in [0.05, 0.1) is 0 Å². The van der Waals surface area contributed by atoms with E-state index in [0.717, 1.165) is 70.6 Å². The highest BCUT2D eigenvalue weighted by Gasteiger charge is 2.19. The molecule has 0 aromatic heterocycles. The number of rotatable bonds is 41. The first-order chi connectivity index (χ1) is 25.5. The van der Waals surface area contributed by atoms with Gasteiger partial charge in [-0.05, 0) is 44.9 Å². The van der Waals surface area contributed by atoms with Gasteiger partial charge in [-0.15, -0.1) is 0 Å². The fourth-order valence-electron chi connectivity index (χ4n) is 6.55. The zero-order valence-electron chi connectivity index (χ0n) is 34.8. The Morgan fingerprint density at radius 2 is 0.635 bits per heavy atom. The summed E-state index contributed by atoms with van der Waals surface area (Å²) in [5.74, 6) is -0.886. The molecule has 0 aromatic carbocycles. The highest BCUT2D eigenvalue weighted by Crippen LogP contribution is 2.15. The van der Waals surface area contributed by atoms with Crippen molar-refractivity contribution in [2.45, 2.75) is 252 Å². The lowest BCUT2D eigenvalue weighted by atomic mass is 10.0. The minimum absolute atomic E-state index is 0.0702. The lowest BCUT2D eigenvalue weighted by molar-refractivity contribution is -0.167. The van der Waals surface area contributed by atoms with Crippen LogP contribution in [-0.4, -0.2) is 37.2 Å². The van der Waals surface area contributed by atoms with Crippen LogP contribution in [0.15, 0.2) is 12.2 Å². The molecule has 0 aliphatic carbocycles. The van der Waals surface area contributed by atoms with Gasteiger partial charge in [0, 0.05) is 19.3 Å². The largest absolute Gasteiger partial charge is 0.462 e. The van der Waals surface area contributed by atoms with Gasteiger partial charge in [0.15, 0.2) is 6.10 Å². The molecule has 0 bridgehead atoms. The minimum atomic E-state index is -0.764. The highest BCUT2D eigenvalue weighted by molar-refractivity contribution is 5.71. The van der Waals surface area contributed by atoms with Gasteiger partial charge >= 0.3 is 17.9 Å². The van der Waals surface area contributed by atoms with Gasteiger partial charge in [0.2, 0.25) is 0 Å². The van der Waals surface area contributed by atoms with Crippen molar-refractivity contribution < 1.29 is 28.6 Å². The summed E-state index contributed by atoms with van der Waals surface area (Å²) in [5.41, 5.74) is 0. The van der Waals surface area contributed by atoms with E-state index < -0.39 is 6.10 Å². The molecule has 0 spiro atoms. The van der Waals surface area contributed by atoms with Crippen LogP contribution in [0.3, 0.4) is 0 Å². The number of hydrogen-bond acceptors (Lipinski definition) is 6. The zero-order chi connectivity index (χ0) is 38.0. The third-order valence-corrected chi connectivity index (χ3v) is 10.0. The fraction of sp³-hybridized carbons (Fsp3) is 0.891. The van der Waals surface area contributed by atoms with Crippen LogP contribution in [0.4, 0.5) is 0 Å². The van der Waals surface area contributed by atoms with Gasteiger partial charge in [-0.1, -0.05) is 193 Å². The monoisotopic (exact) mass is 735 g/mol. The average molecular weight is 735 g/mol. The lowest BCUT2D eigenvalue weighted by Crippen LogP contribution is -2.30. The Kier molecular flexibility index (Phi) is 40.4. The van der Waals surface area contributed by atoms with Crippen molar-refractivity contribution >= 4 is 17.9 Å². The molecular formula is C46H86O6. The summed E-state index contributed by atoms with van der Waals surface area (Å²) in [7, 11) is 0. The fourth-order valence-corrected chi connectivity index (χ4v) is 6.55. The summed E-state index contributed by atoms with van der Waals surface area (Å²) in [5, 5.41) is 0. The Morgan fingerprint density at radius 3 is 1.00 bits per heavy atom. The van der Waals surface area contributed by atoms with E-state index in [2.05, 4.69) is 32.9 Å². The van der Waals surface area contributed by atoms with Gasteiger partial charge < -0.3 is 14.2 Å². The van der Waals surface area contributed by atoms with E-state index in [1.807, 2.05) is 0 Å². The van der Waals surface area contributed by atoms with Crippen LogP contribution in [-0.2, 0) is 28.6 Å². The summed E-state index contributed by atoms with van der Waals surface area (Å²) >= 11 is 0. The number of unbranched alkanes of at least 4 members (excludes halogenated alkanes) is 28. The molecule has 0 aliphatic rings. The first-order valence-corrected chi connectivity index (χ1v) is 22.7. The third kappa shape index (κ3) is 39.4. The van der Waals surface area contributed by atoms with E-state index in [4.69, 9.17) is 14.2 Å². The van der Waals surface area contributed by atoms with E-state index in [1.54, 1.807) is 0 Å². The Hall–Kier alpha value is -1.85. The predicted molar refractivity (Wildman–Crippen MR) is 220 cm³/mol. The van der Waals surface area contributed by atoms with Crippen molar-refractivity contribution in [2.75, 3.05) is 13.2 Å². The minimum Gasteiger partial charge on any atom is -0.462 e. The van der Waals surface area contributed by atoms with Crippen molar-refractivity contribution in [3.05, 3.63) is 12.2 Å². The molecule has 0 N–H and O–H groups in total. The quantitative estimate of drug-likeness (QED) is 0.0269. The number of carbonyl (C=O) groups excluding carboxylic acids is 3.